The van der Waals surface area contributed by atoms with E-state index in [9.17, 15) is 4.79 Å². The molecule has 0 aliphatic rings. The number of carbonyl (C=O) groups is 1. The van der Waals surface area contributed by atoms with Gasteiger partial charge in [-0.15, -0.1) is 5.10 Å². The SMILES string of the molecule is O=C(O)CCn1nc2sc3ccccc3n2c1=S. The van der Waals surface area contributed by atoms with Gasteiger partial charge in [-0.1, -0.05) is 23.5 Å². The van der Waals surface area contributed by atoms with Gasteiger partial charge in [0.05, 0.1) is 23.2 Å². The Labute approximate surface area is 111 Å². The molecule has 0 radical (unpaired) electrons. The van der Waals surface area contributed by atoms with Gasteiger partial charge in [-0.05, 0) is 24.4 Å². The number of hydrogen-bond acceptors (Lipinski definition) is 4. The number of thiazole rings is 1. The minimum absolute atomic E-state index is 0.0249. The first-order valence-electron chi connectivity index (χ1n) is 5.36. The van der Waals surface area contributed by atoms with Crippen molar-refractivity contribution in [1.29, 1.82) is 0 Å². The zero-order valence-corrected chi connectivity index (χ0v) is 10.9. The number of nitrogens with zero attached hydrogens (tertiary/aromatic N) is 3. The number of hydrogen-bond donors (Lipinski definition) is 1. The fourth-order valence-electron chi connectivity index (χ4n) is 1.83. The van der Waals surface area contributed by atoms with E-state index >= 15 is 0 Å². The summed E-state index contributed by atoms with van der Waals surface area (Å²) >= 11 is 6.89. The van der Waals surface area contributed by atoms with Crippen LogP contribution in [0.25, 0.3) is 15.2 Å². The molecule has 0 spiro atoms. The molecular weight excluding hydrogens is 270 g/mol. The van der Waals surface area contributed by atoms with Crippen LogP contribution in [0.3, 0.4) is 0 Å². The van der Waals surface area contributed by atoms with E-state index in [0.717, 1.165) is 15.2 Å². The lowest BCUT2D eigenvalue weighted by molar-refractivity contribution is -0.137. The zero-order valence-electron chi connectivity index (χ0n) is 9.24. The van der Waals surface area contributed by atoms with Gasteiger partial charge in [0.2, 0.25) is 9.73 Å². The highest BCUT2D eigenvalue weighted by atomic mass is 32.1. The van der Waals surface area contributed by atoms with Gasteiger partial charge in [0, 0.05) is 0 Å². The van der Waals surface area contributed by atoms with E-state index in [0.29, 0.717) is 11.3 Å². The number of benzene rings is 1. The van der Waals surface area contributed by atoms with Crippen LogP contribution >= 0.6 is 23.6 Å². The summed E-state index contributed by atoms with van der Waals surface area (Å²) in [7, 11) is 0. The van der Waals surface area contributed by atoms with Crippen molar-refractivity contribution >= 4 is 44.7 Å². The molecule has 5 nitrogen and oxygen atoms in total. The first-order chi connectivity index (χ1) is 8.66. The molecule has 0 bridgehead atoms. The molecule has 0 saturated heterocycles. The fourth-order valence-corrected chi connectivity index (χ4v) is 3.23. The first-order valence-corrected chi connectivity index (χ1v) is 6.58. The standard InChI is InChI=1S/C11H9N3O2S2/c15-9(16)5-6-13-11(17)14-7-3-1-2-4-8(7)18-10(14)12-13/h1-4H,5-6H2,(H,15,16). The van der Waals surface area contributed by atoms with Crippen LogP contribution in [-0.2, 0) is 11.3 Å². The van der Waals surface area contributed by atoms with E-state index < -0.39 is 5.97 Å². The molecule has 0 unspecified atom stereocenters. The molecule has 2 heterocycles. The van der Waals surface area contributed by atoms with Gasteiger partial charge >= 0.3 is 5.97 Å². The van der Waals surface area contributed by atoms with Crippen LogP contribution in [0.2, 0.25) is 0 Å². The summed E-state index contributed by atoms with van der Waals surface area (Å²) in [6.07, 6.45) is 0.0249. The maximum atomic E-state index is 10.6. The zero-order chi connectivity index (χ0) is 12.7. The number of rotatable bonds is 3. The number of aliphatic carboxylic acids is 1. The Morgan fingerprint density at radius 1 is 1.44 bits per heavy atom. The van der Waals surface area contributed by atoms with E-state index in [1.54, 1.807) is 16.0 Å². The number of aromatic nitrogens is 3. The third-order valence-electron chi connectivity index (χ3n) is 2.65. The lowest BCUT2D eigenvalue weighted by Gasteiger charge is -1.96. The van der Waals surface area contributed by atoms with Crippen molar-refractivity contribution in [1.82, 2.24) is 14.2 Å². The Morgan fingerprint density at radius 2 is 2.22 bits per heavy atom. The third-order valence-corrected chi connectivity index (χ3v) is 4.06. The van der Waals surface area contributed by atoms with Crippen molar-refractivity contribution in [2.75, 3.05) is 0 Å². The second kappa shape index (κ2) is 4.18. The summed E-state index contributed by atoms with van der Waals surface area (Å²) < 4.78 is 5.12. The fraction of sp³-hybridized carbons (Fsp3) is 0.182. The summed E-state index contributed by atoms with van der Waals surface area (Å²) in [6, 6.07) is 7.92. The molecule has 3 aromatic rings. The smallest absolute Gasteiger partial charge is 0.305 e. The lowest BCUT2D eigenvalue weighted by atomic mass is 10.3. The largest absolute Gasteiger partial charge is 0.481 e. The molecule has 0 saturated carbocycles. The van der Waals surface area contributed by atoms with Crippen LogP contribution in [0.5, 0.6) is 0 Å². The van der Waals surface area contributed by atoms with E-state index in [1.807, 2.05) is 28.7 Å². The number of para-hydroxylation sites is 1. The van der Waals surface area contributed by atoms with Crippen LogP contribution in [-0.4, -0.2) is 25.3 Å². The van der Waals surface area contributed by atoms with Gasteiger partial charge in [0.25, 0.3) is 0 Å². The average molecular weight is 279 g/mol. The molecule has 0 aliphatic carbocycles. The van der Waals surface area contributed by atoms with Gasteiger partial charge in [-0.3, -0.25) is 9.20 Å². The van der Waals surface area contributed by atoms with Crippen molar-refractivity contribution in [3.63, 3.8) is 0 Å². The molecule has 18 heavy (non-hydrogen) atoms. The lowest BCUT2D eigenvalue weighted by Crippen LogP contribution is -2.06. The van der Waals surface area contributed by atoms with Crippen LogP contribution in [0.4, 0.5) is 0 Å². The van der Waals surface area contributed by atoms with E-state index in [-0.39, 0.29) is 6.42 Å². The summed E-state index contributed by atoms with van der Waals surface area (Å²) in [5.41, 5.74) is 1.02. The molecule has 0 amide bonds. The highest BCUT2D eigenvalue weighted by Crippen LogP contribution is 2.25. The average Bonchev–Trinajstić information content (AvgIpc) is 2.84. The highest BCUT2D eigenvalue weighted by molar-refractivity contribution is 7.71. The summed E-state index contributed by atoms with van der Waals surface area (Å²) in [4.78, 5) is 11.4. The summed E-state index contributed by atoms with van der Waals surface area (Å²) in [6.45, 7) is 0.302. The van der Waals surface area contributed by atoms with Crippen LogP contribution in [0, 0.1) is 4.77 Å². The number of aryl methyl sites for hydroxylation is 1. The molecule has 0 fully saturated rings. The molecule has 7 heteroatoms. The molecule has 2 aromatic heterocycles. The topological polar surface area (TPSA) is 59.5 Å². The quantitative estimate of drug-likeness (QED) is 0.749. The second-order valence-corrected chi connectivity index (χ2v) is 5.21. The Morgan fingerprint density at radius 3 is 3.00 bits per heavy atom. The van der Waals surface area contributed by atoms with Gasteiger partial charge in [-0.2, -0.15) is 0 Å². The number of carboxylic acids is 1. The van der Waals surface area contributed by atoms with E-state index in [4.69, 9.17) is 17.3 Å². The minimum atomic E-state index is -0.849. The van der Waals surface area contributed by atoms with Crippen molar-refractivity contribution in [3.05, 3.63) is 29.0 Å². The monoisotopic (exact) mass is 279 g/mol. The van der Waals surface area contributed by atoms with Gasteiger partial charge in [-0.25, -0.2) is 4.68 Å². The van der Waals surface area contributed by atoms with Crippen LogP contribution < -0.4 is 0 Å². The van der Waals surface area contributed by atoms with Crippen molar-refractivity contribution in [2.45, 2.75) is 13.0 Å². The van der Waals surface area contributed by atoms with Crippen LogP contribution in [0.15, 0.2) is 24.3 Å². The van der Waals surface area contributed by atoms with E-state index in [1.165, 1.54) is 0 Å². The van der Waals surface area contributed by atoms with Gasteiger partial charge in [0.15, 0.2) is 0 Å². The summed E-state index contributed by atoms with van der Waals surface area (Å²) in [5.74, 6) is -0.849. The molecule has 0 atom stereocenters. The van der Waals surface area contributed by atoms with Crippen molar-refractivity contribution < 1.29 is 9.90 Å². The Bertz CT molecular complexity index is 799. The van der Waals surface area contributed by atoms with Gasteiger partial charge in [0.1, 0.15) is 0 Å². The molecule has 0 aliphatic heterocycles. The predicted octanol–water partition coefficient (Wildman–Crippen LogP) is 2.55. The predicted molar refractivity (Wildman–Crippen MR) is 71.7 cm³/mol. The molecule has 1 aromatic carbocycles. The van der Waals surface area contributed by atoms with Crippen molar-refractivity contribution in [2.24, 2.45) is 0 Å². The Kier molecular flexibility index (Phi) is 2.64. The summed E-state index contributed by atoms with van der Waals surface area (Å²) in [5, 5.41) is 13.0. The Hall–Kier alpha value is -1.73. The maximum Gasteiger partial charge on any atom is 0.305 e. The second-order valence-electron chi connectivity index (χ2n) is 3.84. The Balaban J connectivity index is 2.17. The van der Waals surface area contributed by atoms with Gasteiger partial charge < -0.3 is 5.11 Å². The first kappa shape index (κ1) is 11.4. The van der Waals surface area contributed by atoms with E-state index in [2.05, 4.69) is 5.10 Å². The molecule has 3 rings (SSSR count). The molecule has 92 valence electrons. The third kappa shape index (κ3) is 1.72. The number of fused-ring (bicyclic) bond motifs is 3. The molecule has 1 N–H and O–H groups in total. The normalized spacial score (nSPS) is 11.3. The maximum absolute atomic E-state index is 10.6. The van der Waals surface area contributed by atoms with Crippen LogP contribution in [0.1, 0.15) is 6.42 Å². The highest BCUT2D eigenvalue weighted by Gasteiger charge is 2.11. The molecular formula is C11H9N3O2S2. The van der Waals surface area contributed by atoms with Crippen molar-refractivity contribution in [3.8, 4) is 0 Å². The minimum Gasteiger partial charge on any atom is -0.481 e. The number of carboxylic acid groups (broad SMARTS) is 1.